The van der Waals surface area contributed by atoms with Crippen molar-refractivity contribution in [3.05, 3.63) is 35.9 Å². The Hall–Kier alpha value is -1.11. The van der Waals surface area contributed by atoms with Crippen molar-refractivity contribution in [1.82, 2.24) is 0 Å². The van der Waals surface area contributed by atoms with Gasteiger partial charge in [0, 0.05) is 5.92 Å². The van der Waals surface area contributed by atoms with Crippen LogP contribution >= 0.6 is 0 Å². The summed E-state index contributed by atoms with van der Waals surface area (Å²) in [6, 6.07) is 12.9. The van der Waals surface area contributed by atoms with Crippen LogP contribution in [0.5, 0.6) is 0 Å². The minimum absolute atomic E-state index is 0.0958. The molecule has 1 aromatic carbocycles. The highest BCUT2D eigenvalue weighted by Gasteiger charge is 2.50. The lowest BCUT2D eigenvalue weighted by molar-refractivity contribution is 0.0256. The van der Waals surface area contributed by atoms with Gasteiger partial charge in [0.15, 0.2) is 13.9 Å². The van der Waals surface area contributed by atoms with Crippen molar-refractivity contribution in [3.8, 4) is 6.07 Å². The van der Waals surface area contributed by atoms with Gasteiger partial charge < -0.3 is 4.43 Å². The standard InChI is InChI=1S/C20H31NOSi/c1-19(2,3)23(4,5)22-20(16-21,17-12-8-6-9-13-17)18-14-10-7-11-15-18/h6,8-9,12-13,18H,7,10-11,14-15H2,1-5H3. The molecule has 0 aliphatic heterocycles. The molecule has 0 amide bonds. The number of benzene rings is 1. The van der Waals surface area contributed by atoms with Gasteiger partial charge in [-0.25, -0.2) is 0 Å². The Morgan fingerprint density at radius 1 is 1.04 bits per heavy atom. The highest BCUT2D eigenvalue weighted by molar-refractivity contribution is 6.74. The summed E-state index contributed by atoms with van der Waals surface area (Å²) in [5.41, 5.74) is 0.254. The first kappa shape index (κ1) is 18.2. The number of nitrogens with zero attached hydrogens (tertiary/aromatic N) is 1. The molecule has 3 heteroatoms. The third-order valence-corrected chi connectivity index (χ3v) is 10.2. The zero-order valence-corrected chi connectivity index (χ0v) is 16.4. The van der Waals surface area contributed by atoms with Gasteiger partial charge in [0.2, 0.25) is 0 Å². The second-order valence-corrected chi connectivity index (χ2v) is 13.1. The predicted molar refractivity (Wildman–Crippen MR) is 98.6 cm³/mol. The average Bonchev–Trinajstić information content (AvgIpc) is 2.53. The first-order valence-corrected chi connectivity index (χ1v) is 11.8. The first-order valence-electron chi connectivity index (χ1n) is 8.90. The van der Waals surface area contributed by atoms with E-state index in [9.17, 15) is 5.26 Å². The van der Waals surface area contributed by atoms with Crippen molar-refractivity contribution in [1.29, 1.82) is 5.26 Å². The molecule has 0 N–H and O–H groups in total. The molecule has 2 nitrogen and oxygen atoms in total. The predicted octanol–water partition coefficient (Wildman–Crippen LogP) is 6.01. The summed E-state index contributed by atoms with van der Waals surface area (Å²) in [6.07, 6.45) is 5.89. The van der Waals surface area contributed by atoms with Gasteiger partial charge in [-0.05, 0) is 36.5 Å². The Labute approximate surface area is 143 Å². The fraction of sp³-hybridized carbons (Fsp3) is 0.650. The van der Waals surface area contributed by atoms with Gasteiger partial charge in [0.1, 0.15) is 6.07 Å². The van der Waals surface area contributed by atoms with Crippen LogP contribution in [0.15, 0.2) is 30.3 Å². The van der Waals surface area contributed by atoms with Crippen LogP contribution in [-0.2, 0) is 10.0 Å². The molecule has 0 bridgehead atoms. The smallest absolute Gasteiger partial charge is 0.194 e. The van der Waals surface area contributed by atoms with Gasteiger partial charge in [-0.15, -0.1) is 0 Å². The molecule has 1 atom stereocenters. The topological polar surface area (TPSA) is 33.0 Å². The normalized spacial score (nSPS) is 19.8. The van der Waals surface area contributed by atoms with Gasteiger partial charge in [-0.1, -0.05) is 70.4 Å². The molecule has 0 aromatic heterocycles. The van der Waals surface area contributed by atoms with Crippen molar-refractivity contribution in [2.45, 2.75) is 76.6 Å². The van der Waals surface area contributed by atoms with E-state index >= 15 is 0 Å². The van der Waals surface area contributed by atoms with Crippen LogP contribution in [0.4, 0.5) is 0 Å². The quantitative estimate of drug-likeness (QED) is 0.634. The summed E-state index contributed by atoms with van der Waals surface area (Å²) >= 11 is 0. The van der Waals surface area contributed by atoms with Crippen molar-refractivity contribution < 1.29 is 4.43 Å². The molecule has 0 saturated heterocycles. The lowest BCUT2D eigenvalue weighted by Crippen LogP contribution is -2.51. The van der Waals surface area contributed by atoms with Crippen LogP contribution in [0, 0.1) is 17.2 Å². The van der Waals surface area contributed by atoms with E-state index in [1.54, 1.807) is 0 Å². The van der Waals surface area contributed by atoms with Crippen LogP contribution in [0.2, 0.25) is 18.1 Å². The number of hydrogen-bond acceptors (Lipinski definition) is 2. The minimum atomic E-state index is -2.05. The average molecular weight is 330 g/mol. The van der Waals surface area contributed by atoms with Gasteiger partial charge in [0.25, 0.3) is 0 Å². The van der Waals surface area contributed by atoms with Gasteiger partial charge in [0.05, 0.1) is 0 Å². The van der Waals surface area contributed by atoms with Gasteiger partial charge in [-0.3, -0.25) is 0 Å². The largest absolute Gasteiger partial charge is 0.395 e. The highest BCUT2D eigenvalue weighted by Crippen LogP contribution is 2.48. The van der Waals surface area contributed by atoms with E-state index in [4.69, 9.17) is 4.43 Å². The molecule has 1 saturated carbocycles. The van der Waals surface area contributed by atoms with Crippen molar-refractivity contribution >= 4 is 8.32 Å². The SMILES string of the molecule is CC(C)(C)[Si](C)(C)OC(C#N)(c1ccccc1)C1CCCCC1. The van der Waals surface area contributed by atoms with Gasteiger partial charge >= 0.3 is 0 Å². The van der Waals surface area contributed by atoms with E-state index in [-0.39, 0.29) is 5.04 Å². The second-order valence-electron chi connectivity index (χ2n) is 8.41. The second kappa shape index (κ2) is 6.79. The molecule has 1 fully saturated rings. The summed E-state index contributed by atoms with van der Waals surface area (Å²) in [4.78, 5) is 0. The molecule has 1 aliphatic carbocycles. The van der Waals surface area contributed by atoms with E-state index < -0.39 is 13.9 Å². The molecular weight excluding hydrogens is 298 g/mol. The van der Waals surface area contributed by atoms with E-state index in [0.29, 0.717) is 5.92 Å². The molecule has 1 unspecified atom stereocenters. The summed E-state index contributed by atoms with van der Waals surface area (Å²) in [5.74, 6) is 0.303. The fourth-order valence-electron chi connectivity index (χ4n) is 3.31. The molecule has 0 heterocycles. The maximum atomic E-state index is 10.3. The van der Waals surface area contributed by atoms with E-state index in [2.05, 4.69) is 52.1 Å². The van der Waals surface area contributed by atoms with Crippen molar-refractivity contribution in [2.75, 3.05) is 0 Å². The molecule has 1 aromatic rings. The zero-order chi connectivity index (χ0) is 17.1. The Morgan fingerprint density at radius 2 is 1.61 bits per heavy atom. The number of nitriles is 1. The number of hydrogen-bond donors (Lipinski definition) is 0. The van der Waals surface area contributed by atoms with Crippen LogP contribution in [0.25, 0.3) is 0 Å². The molecule has 2 rings (SSSR count). The highest BCUT2D eigenvalue weighted by atomic mass is 28.4. The first-order chi connectivity index (χ1) is 10.7. The Kier molecular flexibility index (Phi) is 5.38. The monoisotopic (exact) mass is 329 g/mol. The van der Waals surface area contributed by atoms with Crippen molar-refractivity contribution in [3.63, 3.8) is 0 Å². The Bertz CT molecular complexity index is 549. The van der Waals surface area contributed by atoms with E-state index in [1.807, 2.05) is 18.2 Å². The van der Waals surface area contributed by atoms with E-state index in [1.165, 1.54) is 19.3 Å². The third kappa shape index (κ3) is 3.70. The summed E-state index contributed by atoms with van der Waals surface area (Å²) in [6.45, 7) is 11.2. The molecule has 1 aliphatic rings. The van der Waals surface area contributed by atoms with Gasteiger partial charge in [-0.2, -0.15) is 5.26 Å². The molecule has 0 spiro atoms. The lowest BCUT2D eigenvalue weighted by Gasteiger charge is -2.46. The zero-order valence-electron chi connectivity index (χ0n) is 15.4. The summed E-state index contributed by atoms with van der Waals surface area (Å²) in [5, 5.41) is 10.4. The molecule has 126 valence electrons. The van der Waals surface area contributed by atoms with Crippen LogP contribution in [0.1, 0.15) is 58.4 Å². The Morgan fingerprint density at radius 3 is 2.09 bits per heavy atom. The number of rotatable bonds is 4. The van der Waals surface area contributed by atoms with Crippen LogP contribution in [0.3, 0.4) is 0 Å². The van der Waals surface area contributed by atoms with Crippen molar-refractivity contribution in [2.24, 2.45) is 5.92 Å². The molecular formula is C20H31NOSi. The summed E-state index contributed by atoms with van der Waals surface area (Å²) in [7, 11) is -2.05. The third-order valence-electron chi connectivity index (χ3n) is 5.77. The maximum absolute atomic E-state index is 10.3. The lowest BCUT2D eigenvalue weighted by atomic mass is 9.74. The Balaban J connectivity index is 2.48. The molecule has 23 heavy (non-hydrogen) atoms. The molecule has 0 radical (unpaired) electrons. The fourth-order valence-corrected chi connectivity index (χ4v) is 4.75. The maximum Gasteiger partial charge on any atom is 0.194 e. The van der Waals surface area contributed by atoms with Crippen LogP contribution in [-0.4, -0.2) is 8.32 Å². The summed E-state index contributed by atoms with van der Waals surface area (Å²) < 4.78 is 6.84. The van der Waals surface area contributed by atoms with E-state index in [0.717, 1.165) is 18.4 Å². The minimum Gasteiger partial charge on any atom is -0.395 e. The van der Waals surface area contributed by atoms with Crippen LogP contribution < -0.4 is 0 Å².